The molecular weight excluding hydrogens is 708 g/mol. The van der Waals surface area contributed by atoms with E-state index in [1.165, 1.54) is 6.08 Å². The van der Waals surface area contributed by atoms with Crippen LogP contribution in [0.4, 0.5) is 9.59 Å². The minimum absolute atomic E-state index is 0.0181. The van der Waals surface area contributed by atoms with Crippen LogP contribution in [-0.2, 0) is 46.5 Å². The van der Waals surface area contributed by atoms with Gasteiger partial charge in [0.2, 0.25) is 23.5 Å². The molecule has 0 spiro atoms. The molecule has 5 atom stereocenters. The topological polar surface area (TPSA) is 224 Å². The van der Waals surface area contributed by atoms with E-state index in [1.54, 1.807) is 50.2 Å². The van der Waals surface area contributed by atoms with Crippen molar-refractivity contribution in [2.45, 2.75) is 97.0 Å². The van der Waals surface area contributed by atoms with E-state index in [9.17, 15) is 33.6 Å². The van der Waals surface area contributed by atoms with Gasteiger partial charge in [0, 0.05) is 13.0 Å². The fourth-order valence-electron chi connectivity index (χ4n) is 5.40. The van der Waals surface area contributed by atoms with Gasteiger partial charge in [-0.05, 0) is 48.6 Å². The van der Waals surface area contributed by atoms with Crippen LogP contribution in [0.25, 0.3) is 0 Å². The third kappa shape index (κ3) is 17.3. The molecule has 5 unspecified atom stereocenters. The number of rotatable bonds is 24. The first-order chi connectivity index (χ1) is 26.2. The number of ketones is 1. The second kappa shape index (κ2) is 24.6. The Morgan fingerprint density at radius 3 is 1.95 bits per heavy atom. The first-order valence-corrected chi connectivity index (χ1v) is 18.5. The average molecular weight is 765 g/mol. The standard InChI is InChI=1S/C40H56N6O9/c1-6-22-54-39(52)42-21-15-14-20-30(35(41)48)43-38(51)34(47)33(27(5)7-2)46-37(50)31(23-26(3)4)44-36(49)32(24-28-16-10-8-11-17-28)45-40(53)55-25-29-18-12-9-13-19-29/h6,8-13,16-19,26-27,30-33H,1,7,14-15,20-25H2,2-5H3,(H2,41,48)(H,42,52)(H,43,51)(H,44,49)(H,45,53)(H,46,50). The van der Waals surface area contributed by atoms with Gasteiger partial charge in [0.25, 0.3) is 5.91 Å². The molecule has 300 valence electrons. The van der Waals surface area contributed by atoms with Gasteiger partial charge in [-0.2, -0.15) is 0 Å². The maximum atomic E-state index is 13.8. The Balaban J connectivity index is 2.15. The van der Waals surface area contributed by atoms with Crippen molar-refractivity contribution in [3.05, 3.63) is 84.4 Å². The van der Waals surface area contributed by atoms with E-state index in [1.807, 2.05) is 38.1 Å². The summed E-state index contributed by atoms with van der Waals surface area (Å²) in [6.45, 7) is 10.9. The molecule has 15 nitrogen and oxygen atoms in total. The van der Waals surface area contributed by atoms with Crippen LogP contribution in [0.2, 0.25) is 0 Å². The number of nitrogens with one attached hydrogen (secondary N) is 5. The summed E-state index contributed by atoms with van der Waals surface area (Å²) in [6, 6.07) is 13.3. The number of carbonyl (C=O) groups excluding carboxylic acids is 7. The number of benzene rings is 2. The van der Waals surface area contributed by atoms with Crippen LogP contribution in [0.1, 0.15) is 70.9 Å². The van der Waals surface area contributed by atoms with Crippen LogP contribution < -0.4 is 32.3 Å². The largest absolute Gasteiger partial charge is 0.445 e. The van der Waals surface area contributed by atoms with Crippen molar-refractivity contribution in [2.75, 3.05) is 13.2 Å². The van der Waals surface area contributed by atoms with Crippen LogP contribution in [0.5, 0.6) is 0 Å². The number of amides is 6. The Hall–Kier alpha value is -5.73. The Morgan fingerprint density at radius 2 is 1.36 bits per heavy atom. The van der Waals surface area contributed by atoms with Gasteiger partial charge < -0.3 is 41.8 Å². The third-order valence-electron chi connectivity index (χ3n) is 8.63. The van der Waals surface area contributed by atoms with E-state index in [-0.39, 0.29) is 44.9 Å². The molecule has 6 amide bonds. The second-order valence-electron chi connectivity index (χ2n) is 13.6. The SMILES string of the molecule is C=CCOC(=O)NCCCCC(NC(=O)C(=O)C(NC(=O)C(CC(C)C)NC(=O)C(Cc1ccccc1)NC(=O)OCc1ccccc1)C(C)CC)C(N)=O. The highest BCUT2D eigenvalue weighted by molar-refractivity contribution is 6.39. The van der Waals surface area contributed by atoms with Crippen LogP contribution in [0.3, 0.4) is 0 Å². The molecule has 0 aliphatic rings. The molecule has 2 aromatic rings. The van der Waals surface area contributed by atoms with Crippen LogP contribution >= 0.6 is 0 Å². The van der Waals surface area contributed by atoms with E-state index in [0.717, 1.165) is 11.1 Å². The summed E-state index contributed by atoms with van der Waals surface area (Å²) in [6.07, 6.45) is 1.55. The normalized spacial score (nSPS) is 13.5. The number of primary amides is 1. The van der Waals surface area contributed by atoms with Crippen molar-refractivity contribution in [2.24, 2.45) is 17.6 Å². The highest BCUT2D eigenvalue weighted by Crippen LogP contribution is 2.13. The first-order valence-electron chi connectivity index (χ1n) is 18.5. The summed E-state index contributed by atoms with van der Waals surface area (Å²) in [5.74, 6) is -4.90. The predicted molar refractivity (Wildman–Crippen MR) is 206 cm³/mol. The lowest BCUT2D eigenvalue weighted by Gasteiger charge is -2.28. The van der Waals surface area contributed by atoms with Gasteiger partial charge in [-0.3, -0.25) is 24.0 Å². The summed E-state index contributed by atoms with van der Waals surface area (Å²) < 4.78 is 10.2. The molecule has 7 N–H and O–H groups in total. The van der Waals surface area contributed by atoms with Gasteiger partial charge in [0.1, 0.15) is 31.3 Å². The fraction of sp³-hybridized carbons (Fsp3) is 0.475. The van der Waals surface area contributed by atoms with Crippen LogP contribution in [0.15, 0.2) is 73.3 Å². The zero-order valence-corrected chi connectivity index (χ0v) is 32.1. The third-order valence-corrected chi connectivity index (χ3v) is 8.63. The van der Waals surface area contributed by atoms with E-state index in [2.05, 4.69) is 33.2 Å². The molecule has 0 aliphatic carbocycles. The molecule has 2 aromatic carbocycles. The lowest BCUT2D eigenvalue weighted by atomic mass is 9.93. The lowest BCUT2D eigenvalue weighted by Crippen LogP contribution is -2.59. The summed E-state index contributed by atoms with van der Waals surface area (Å²) >= 11 is 0. The summed E-state index contributed by atoms with van der Waals surface area (Å²) in [7, 11) is 0. The van der Waals surface area contributed by atoms with E-state index in [4.69, 9.17) is 15.2 Å². The number of hydrogen-bond acceptors (Lipinski definition) is 9. The number of nitrogens with two attached hydrogens (primary N) is 1. The zero-order chi connectivity index (χ0) is 40.8. The molecule has 0 aromatic heterocycles. The van der Waals surface area contributed by atoms with Crippen molar-refractivity contribution in [3.63, 3.8) is 0 Å². The van der Waals surface area contributed by atoms with Crippen LogP contribution in [-0.4, -0.2) is 78.9 Å². The number of ether oxygens (including phenoxy) is 2. The summed E-state index contributed by atoms with van der Waals surface area (Å²) in [4.78, 5) is 91.0. The molecule has 0 saturated heterocycles. The molecular formula is C40H56N6O9. The van der Waals surface area contributed by atoms with Crippen molar-refractivity contribution in [3.8, 4) is 0 Å². The van der Waals surface area contributed by atoms with E-state index < -0.39 is 71.7 Å². The summed E-state index contributed by atoms with van der Waals surface area (Å²) in [5, 5.41) is 13.0. The number of alkyl carbamates (subject to hydrolysis) is 2. The second-order valence-corrected chi connectivity index (χ2v) is 13.6. The average Bonchev–Trinajstić information content (AvgIpc) is 3.16. The van der Waals surface area contributed by atoms with Crippen molar-refractivity contribution < 1.29 is 43.0 Å². The highest BCUT2D eigenvalue weighted by Gasteiger charge is 2.35. The Morgan fingerprint density at radius 1 is 0.745 bits per heavy atom. The van der Waals surface area contributed by atoms with E-state index >= 15 is 0 Å². The quantitative estimate of drug-likeness (QED) is 0.0524. The molecule has 0 aliphatic heterocycles. The molecule has 0 bridgehead atoms. The Labute approximate surface area is 322 Å². The number of carbonyl (C=O) groups is 7. The number of Topliss-reactive ketones (excluding diaryl/α,β-unsaturated/α-hetero) is 1. The fourth-order valence-corrected chi connectivity index (χ4v) is 5.40. The Bertz CT molecular complexity index is 1570. The number of unbranched alkanes of at least 4 members (excludes halogenated alkanes) is 1. The van der Waals surface area contributed by atoms with Gasteiger partial charge in [-0.25, -0.2) is 9.59 Å². The molecule has 15 heteroatoms. The highest BCUT2D eigenvalue weighted by atomic mass is 16.6. The van der Waals surface area contributed by atoms with Crippen molar-refractivity contribution in [1.29, 1.82) is 0 Å². The Kier molecular flexibility index (Phi) is 20.3. The molecule has 0 radical (unpaired) electrons. The number of hydrogen-bond donors (Lipinski definition) is 6. The van der Waals surface area contributed by atoms with Crippen molar-refractivity contribution >= 4 is 41.6 Å². The minimum atomic E-state index is -1.30. The maximum Gasteiger partial charge on any atom is 0.408 e. The van der Waals surface area contributed by atoms with Gasteiger partial charge in [-0.15, -0.1) is 0 Å². The van der Waals surface area contributed by atoms with Crippen molar-refractivity contribution in [1.82, 2.24) is 26.6 Å². The molecule has 0 heterocycles. The van der Waals surface area contributed by atoms with Gasteiger partial charge in [0.05, 0.1) is 6.04 Å². The van der Waals surface area contributed by atoms with Gasteiger partial charge in [-0.1, -0.05) is 107 Å². The smallest absolute Gasteiger partial charge is 0.408 e. The predicted octanol–water partition coefficient (Wildman–Crippen LogP) is 3.21. The minimum Gasteiger partial charge on any atom is -0.445 e. The van der Waals surface area contributed by atoms with Gasteiger partial charge in [0.15, 0.2) is 0 Å². The molecule has 0 fully saturated rings. The molecule has 0 saturated carbocycles. The van der Waals surface area contributed by atoms with Gasteiger partial charge >= 0.3 is 12.2 Å². The molecule has 55 heavy (non-hydrogen) atoms. The van der Waals surface area contributed by atoms with Crippen LogP contribution in [0, 0.1) is 11.8 Å². The maximum absolute atomic E-state index is 13.8. The summed E-state index contributed by atoms with van der Waals surface area (Å²) in [5.41, 5.74) is 7.02. The zero-order valence-electron chi connectivity index (χ0n) is 32.1. The first kappa shape index (κ1) is 45.4. The monoisotopic (exact) mass is 764 g/mol. The van der Waals surface area contributed by atoms with E-state index in [0.29, 0.717) is 19.3 Å². The molecule has 2 rings (SSSR count). The lowest BCUT2D eigenvalue weighted by molar-refractivity contribution is -0.142.